The number of carbonyl (C=O) groups is 1. The first-order valence-electron chi connectivity index (χ1n) is 13.0. The van der Waals surface area contributed by atoms with E-state index < -0.39 is 24.3 Å². The number of fused-ring (bicyclic) bond motifs is 1. The second kappa shape index (κ2) is 10.1. The van der Waals surface area contributed by atoms with Gasteiger partial charge in [0.05, 0.1) is 24.2 Å². The van der Waals surface area contributed by atoms with Crippen LogP contribution in [0.4, 0.5) is 22.4 Å². The highest BCUT2D eigenvalue weighted by molar-refractivity contribution is 5.68. The Hall–Kier alpha value is -2.91. The Labute approximate surface area is 212 Å². The highest BCUT2D eigenvalue weighted by atomic mass is 19.4. The Balaban J connectivity index is 1.32. The molecular weight excluding hydrogens is 490 g/mol. The van der Waals surface area contributed by atoms with Gasteiger partial charge in [-0.25, -0.2) is 14.2 Å². The van der Waals surface area contributed by atoms with E-state index in [9.17, 15) is 27.2 Å². The fourth-order valence-corrected chi connectivity index (χ4v) is 5.88. The number of halogens is 4. The molecule has 200 valence electrons. The molecule has 1 aromatic heterocycles. The number of carbonyl (C=O) groups excluding carboxylic acids is 1. The van der Waals surface area contributed by atoms with Crippen molar-refractivity contribution in [3.8, 4) is 0 Å². The molecule has 5 rings (SSSR count). The molecule has 1 amide bonds. The van der Waals surface area contributed by atoms with E-state index in [0.717, 1.165) is 24.8 Å². The summed E-state index contributed by atoms with van der Waals surface area (Å²) in [6.07, 6.45) is -1.66. The van der Waals surface area contributed by atoms with Crippen molar-refractivity contribution < 1.29 is 27.1 Å². The van der Waals surface area contributed by atoms with Gasteiger partial charge in [-0.2, -0.15) is 13.2 Å². The van der Waals surface area contributed by atoms with Crippen molar-refractivity contribution in [3.63, 3.8) is 0 Å². The molecule has 0 radical (unpaired) electrons. The van der Waals surface area contributed by atoms with Crippen LogP contribution in [0.15, 0.2) is 29.1 Å². The summed E-state index contributed by atoms with van der Waals surface area (Å²) in [4.78, 5) is 32.7. The fourth-order valence-electron chi connectivity index (χ4n) is 5.88. The minimum Gasteiger partial charge on any atom is -0.446 e. The van der Waals surface area contributed by atoms with E-state index in [-0.39, 0.29) is 62.1 Å². The zero-order valence-corrected chi connectivity index (χ0v) is 20.8. The number of benzene rings is 1. The molecule has 1 atom stereocenters. The van der Waals surface area contributed by atoms with Crippen LogP contribution >= 0.6 is 0 Å². The van der Waals surface area contributed by atoms with Gasteiger partial charge in [0.25, 0.3) is 5.56 Å². The van der Waals surface area contributed by atoms with Crippen LogP contribution in [0.3, 0.4) is 0 Å². The standard InChI is InChI=1S/C27H31F4N3O3/c1-16-32-23-15-33(26(36)37-21-11-7-19(8-12-21)27(29,30)31)14-13-22(23)25(35)34(16)24(17-3-2-4-17)18-5-9-20(28)10-6-18/h5-6,9-10,17,19,21,24H,2-4,7-8,11-15H2,1H3/t19-,21-,24?. The van der Waals surface area contributed by atoms with Crippen molar-refractivity contribution in [1.82, 2.24) is 14.5 Å². The molecule has 2 heterocycles. The second-order valence-corrected chi connectivity index (χ2v) is 10.5. The minimum absolute atomic E-state index is 0.0409. The van der Waals surface area contributed by atoms with Gasteiger partial charge in [0.2, 0.25) is 0 Å². The molecule has 0 saturated heterocycles. The molecule has 3 aliphatic rings. The van der Waals surface area contributed by atoms with E-state index in [2.05, 4.69) is 0 Å². The van der Waals surface area contributed by atoms with Crippen LogP contribution in [0.5, 0.6) is 0 Å². The highest BCUT2D eigenvalue weighted by Crippen LogP contribution is 2.41. The van der Waals surface area contributed by atoms with Crippen molar-refractivity contribution in [1.29, 1.82) is 0 Å². The lowest BCUT2D eigenvalue weighted by molar-refractivity contribution is -0.186. The first-order valence-corrected chi connectivity index (χ1v) is 13.0. The summed E-state index contributed by atoms with van der Waals surface area (Å²) in [6.45, 7) is 2.16. The Bertz CT molecular complexity index is 1200. The number of alkyl halides is 3. The molecular formula is C27H31F4N3O3. The third-order valence-electron chi connectivity index (χ3n) is 8.19. The summed E-state index contributed by atoms with van der Waals surface area (Å²) < 4.78 is 59.6. The van der Waals surface area contributed by atoms with Gasteiger partial charge in [-0.05, 0) is 75.5 Å². The Morgan fingerprint density at radius 3 is 2.35 bits per heavy atom. The molecule has 0 N–H and O–H groups in total. The van der Waals surface area contributed by atoms with Crippen molar-refractivity contribution in [2.45, 2.75) is 83.2 Å². The van der Waals surface area contributed by atoms with Crippen molar-refractivity contribution in [2.24, 2.45) is 11.8 Å². The average molecular weight is 522 g/mol. The van der Waals surface area contributed by atoms with E-state index in [1.807, 2.05) is 0 Å². The monoisotopic (exact) mass is 521 g/mol. The molecule has 0 spiro atoms. The highest BCUT2D eigenvalue weighted by Gasteiger charge is 2.42. The number of amides is 1. The first kappa shape index (κ1) is 25.7. The zero-order valence-electron chi connectivity index (χ0n) is 20.8. The summed E-state index contributed by atoms with van der Waals surface area (Å²) in [5.41, 5.74) is 1.82. The van der Waals surface area contributed by atoms with Crippen LogP contribution in [0.1, 0.15) is 73.6 Å². The third-order valence-corrected chi connectivity index (χ3v) is 8.19. The van der Waals surface area contributed by atoms with E-state index in [1.54, 1.807) is 23.6 Å². The largest absolute Gasteiger partial charge is 0.446 e. The second-order valence-electron chi connectivity index (χ2n) is 10.5. The quantitative estimate of drug-likeness (QED) is 0.485. The van der Waals surface area contributed by atoms with Crippen LogP contribution < -0.4 is 5.56 Å². The van der Waals surface area contributed by atoms with Crippen LogP contribution in [0.2, 0.25) is 0 Å². The number of hydrogen-bond donors (Lipinski definition) is 0. The van der Waals surface area contributed by atoms with Crippen LogP contribution in [0.25, 0.3) is 0 Å². The first-order chi connectivity index (χ1) is 17.6. The van der Waals surface area contributed by atoms with Crippen molar-refractivity contribution >= 4 is 6.09 Å². The number of nitrogens with zero attached hydrogens (tertiary/aromatic N) is 3. The maximum absolute atomic E-state index is 13.7. The lowest BCUT2D eigenvalue weighted by Crippen LogP contribution is -2.44. The summed E-state index contributed by atoms with van der Waals surface area (Å²) >= 11 is 0. The van der Waals surface area contributed by atoms with Gasteiger partial charge in [-0.3, -0.25) is 9.36 Å². The van der Waals surface area contributed by atoms with E-state index in [4.69, 9.17) is 9.72 Å². The maximum Gasteiger partial charge on any atom is 0.410 e. The zero-order chi connectivity index (χ0) is 26.3. The van der Waals surface area contributed by atoms with Gasteiger partial charge in [0.1, 0.15) is 17.7 Å². The predicted molar refractivity (Wildman–Crippen MR) is 128 cm³/mol. The normalized spacial score (nSPS) is 23.2. The molecule has 2 saturated carbocycles. The van der Waals surface area contributed by atoms with E-state index >= 15 is 0 Å². The molecule has 1 aromatic carbocycles. The van der Waals surface area contributed by atoms with Gasteiger partial charge in [0, 0.05) is 12.1 Å². The smallest absolute Gasteiger partial charge is 0.410 e. The topological polar surface area (TPSA) is 64.4 Å². The molecule has 0 bridgehead atoms. The van der Waals surface area contributed by atoms with Gasteiger partial charge in [-0.15, -0.1) is 0 Å². The van der Waals surface area contributed by atoms with Gasteiger partial charge in [0.15, 0.2) is 0 Å². The summed E-state index contributed by atoms with van der Waals surface area (Å²) in [6, 6.07) is 6.04. The number of ether oxygens (including phenoxy) is 1. The molecule has 2 fully saturated rings. The maximum atomic E-state index is 13.7. The Kier molecular flexibility index (Phi) is 7.02. The van der Waals surface area contributed by atoms with Gasteiger partial charge < -0.3 is 9.64 Å². The fraction of sp³-hybridized carbons (Fsp3) is 0.593. The number of hydrogen-bond acceptors (Lipinski definition) is 4. The molecule has 37 heavy (non-hydrogen) atoms. The van der Waals surface area contributed by atoms with E-state index in [1.165, 1.54) is 17.0 Å². The third kappa shape index (κ3) is 5.25. The van der Waals surface area contributed by atoms with Crippen LogP contribution in [0, 0.1) is 24.6 Å². The minimum atomic E-state index is -4.21. The Morgan fingerprint density at radius 1 is 1.08 bits per heavy atom. The van der Waals surface area contributed by atoms with Crippen LogP contribution in [-0.2, 0) is 17.7 Å². The number of aromatic nitrogens is 2. The van der Waals surface area contributed by atoms with Crippen LogP contribution in [-0.4, -0.2) is 39.4 Å². The lowest BCUT2D eigenvalue weighted by atomic mass is 9.77. The molecule has 1 aliphatic heterocycles. The lowest BCUT2D eigenvalue weighted by Gasteiger charge is -2.37. The summed E-state index contributed by atoms with van der Waals surface area (Å²) in [5, 5.41) is 0. The van der Waals surface area contributed by atoms with Crippen molar-refractivity contribution in [2.75, 3.05) is 6.54 Å². The number of rotatable bonds is 4. The molecule has 10 heteroatoms. The van der Waals surface area contributed by atoms with Gasteiger partial charge >= 0.3 is 12.3 Å². The van der Waals surface area contributed by atoms with Gasteiger partial charge in [-0.1, -0.05) is 18.6 Å². The Morgan fingerprint density at radius 2 is 1.76 bits per heavy atom. The molecule has 2 aliphatic carbocycles. The predicted octanol–water partition coefficient (Wildman–Crippen LogP) is 5.70. The SMILES string of the molecule is Cc1nc2c(c(=O)n1C(c1ccc(F)cc1)C1CCC1)CCN(C(=O)O[C@H]1CC[C@H](C(F)(F)F)CC1)C2. The molecule has 6 nitrogen and oxygen atoms in total. The molecule has 2 aromatic rings. The summed E-state index contributed by atoms with van der Waals surface area (Å²) in [5.74, 6) is -0.865. The average Bonchev–Trinajstić information content (AvgIpc) is 2.82. The van der Waals surface area contributed by atoms with E-state index in [0.29, 0.717) is 23.5 Å². The van der Waals surface area contributed by atoms with Crippen molar-refractivity contribution in [3.05, 3.63) is 63.1 Å². The number of aryl methyl sites for hydroxylation is 1. The summed E-state index contributed by atoms with van der Waals surface area (Å²) in [7, 11) is 0. The molecule has 1 unspecified atom stereocenters.